The maximum atomic E-state index is 6.11. The first kappa shape index (κ1) is 11.9. The van der Waals surface area contributed by atoms with E-state index < -0.39 is 0 Å². The summed E-state index contributed by atoms with van der Waals surface area (Å²) in [7, 11) is 0. The van der Waals surface area contributed by atoms with E-state index in [1.807, 2.05) is 12.3 Å². The molecule has 0 saturated heterocycles. The molecule has 4 heteroatoms. The van der Waals surface area contributed by atoms with Crippen LogP contribution in [0.5, 0.6) is 0 Å². The second kappa shape index (κ2) is 4.86. The Kier molecular flexibility index (Phi) is 3.22. The van der Waals surface area contributed by atoms with E-state index in [0.717, 1.165) is 36.1 Å². The summed E-state index contributed by atoms with van der Waals surface area (Å²) in [6, 6.07) is 8.54. The molecule has 0 bridgehead atoms. The second-order valence-corrected chi connectivity index (χ2v) is 5.72. The Morgan fingerprint density at radius 1 is 1.44 bits per heavy atom. The van der Waals surface area contributed by atoms with Crippen molar-refractivity contribution in [2.45, 2.75) is 31.8 Å². The molecule has 0 radical (unpaired) electrons. The van der Waals surface area contributed by atoms with Crippen LogP contribution >= 0.6 is 15.9 Å². The van der Waals surface area contributed by atoms with Crippen LogP contribution in [0.3, 0.4) is 0 Å². The van der Waals surface area contributed by atoms with Gasteiger partial charge in [0.25, 0.3) is 0 Å². The molecular formula is C14H16BrN3. The lowest BCUT2D eigenvalue weighted by Crippen LogP contribution is -2.22. The third-order valence-corrected chi connectivity index (χ3v) is 3.99. The van der Waals surface area contributed by atoms with E-state index in [1.165, 1.54) is 11.3 Å². The summed E-state index contributed by atoms with van der Waals surface area (Å²) in [5.74, 6) is 1.12. The van der Waals surface area contributed by atoms with Crippen LogP contribution in [0.1, 0.15) is 36.0 Å². The normalized spacial score (nSPS) is 18.7. The number of hydrogen-bond donors (Lipinski definition) is 1. The quantitative estimate of drug-likeness (QED) is 0.927. The first-order valence-corrected chi connectivity index (χ1v) is 7.07. The summed E-state index contributed by atoms with van der Waals surface area (Å²) >= 11 is 3.50. The van der Waals surface area contributed by atoms with Crippen LogP contribution in [0.4, 0.5) is 0 Å². The zero-order valence-electron chi connectivity index (χ0n) is 10.1. The maximum absolute atomic E-state index is 6.11. The number of fused-ring (bicyclic) bond motifs is 1. The molecule has 0 spiro atoms. The van der Waals surface area contributed by atoms with E-state index in [-0.39, 0.29) is 6.04 Å². The number of halogens is 1. The number of nitrogens with two attached hydrogens (primary N) is 1. The predicted octanol–water partition coefficient (Wildman–Crippen LogP) is 3.03. The first-order valence-electron chi connectivity index (χ1n) is 6.28. The van der Waals surface area contributed by atoms with Crippen molar-refractivity contribution in [2.24, 2.45) is 5.73 Å². The van der Waals surface area contributed by atoms with Gasteiger partial charge in [-0.2, -0.15) is 0 Å². The minimum atomic E-state index is 0.155. The van der Waals surface area contributed by atoms with Crippen molar-refractivity contribution in [2.75, 3.05) is 0 Å². The van der Waals surface area contributed by atoms with Crippen LogP contribution in [-0.4, -0.2) is 9.55 Å². The van der Waals surface area contributed by atoms with Crippen LogP contribution in [0.15, 0.2) is 34.9 Å². The molecule has 1 aliphatic rings. The molecule has 94 valence electrons. The highest BCUT2D eigenvalue weighted by Crippen LogP contribution is 2.25. The third-order valence-electron chi connectivity index (χ3n) is 3.50. The first-order chi connectivity index (χ1) is 8.74. The van der Waals surface area contributed by atoms with Gasteiger partial charge in [-0.05, 0) is 30.5 Å². The molecule has 0 saturated carbocycles. The number of benzene rings is 1. The molecule has 3 nitrogen and oxygen atoms in total. The standard InChI is InChI=1S/C14H16BrN3/c15-11-4-1-3-10(7-11)8-14-17-9-13-12(16)5-2-6-18(13)14/h1,3-4,7,9,12H,2,5-6,8,16H2. The molecule has 0 aliphatic carbocycles. The van der Waals surface area contributed by atoms with E-state index in [1.54, 1.807) is 0 Å². The highest BCUT2D eigenvalue weighted by molar-refractivity contribution is 9.10. The predicted molar refractivity (Wildman–Crippen MR) is 75.3 cm³/mol. The summed E-state index contributed by atoms with van der Waals surface area (Å²) in [6.07, 6.45) is 5.03. The lowest BCUT2D eigenvalue weighted by atomic mass is 10.1. The van der Waals surface area contributed by atoms with Gasteiger partial charge in [0, 0.05) is 23.5 Å². The molecule has 2 heterocycles. The average Bonchev–Trinajstić information content (AvgIpc) is 2.74. The van der Waals surface area contributed by atoms with Crippen molar-refractivity contribution in [1.82, 2.24) is 9.55 Å². The average molecular weight is 306 g/mol. The molecule has 2 N–H and O–H groups in total. The topological polar surface area (TPSA) is 43.8 Å². The monoisotopic (exact) mass is 305 g/mol. The van der Waals surface area contributed by atoms with Crippen molar-refractivity contribution in [3.8, 4) is 0 Å². The van der Waals surface area contributed by atoms with Gasteiger partial charge in [0.05, 0.1) is 11.9 Å². The van der Waals surface area contributed by atoms with Gasteiger partial charge in [0.2, 0.25) is 0 Å². The van der Waals surface area contributed by atoms with Crippen molar-refractivity contribution in [3.05, 3.63) is 52.0 Å². The Morgan fingerprint density at radius 2 is 2.33 bits per heavy atom. The van der Waals surface area contributed by atoms with Crippen LogP contribution in [0.25, 0.3) is 0 Å². The molecule has 0 fully saturated rings. The van der Waals surface area contributed by atoms with E-state index >= 15 is 0 Å². The molecular weight excluding hydrogens is 290 g/mol. The molecule has 3 rings (SSSR count). The minimum absolute atomic E-state index is 0.155. The molecule has 2 aromatic rings. The van der Waals surface area contributed by atoms with Gasteiger partial charge in [0.15, 0.2) is 0 Å². The molecule has 1 aromatic carbocycles. The highest BCUT2D eigenvalue weighted by atomic mass is 79.9. The third kappa shape index (κ3) is 2.22. The second-order valence-electron chi connectivity index (χ2n) is 4.81. The van der Waals surface area contributed by atoms with E-state index in [2.05, 4.69) is 43.7 Å². The Labute approximate surface area is 115 Å². The molecule has 1 aromatic heterocycles. The minimum Gasteiger partial charge on any atom is -0.330 e. The number of nitrogens with zero attached hydrogens (tertiary/aromatic N) is 2. The van der Waals surface area contributed by atoms with Crippen molar-refractivity contribution >= 4 is 15.9 Å². The fourth-order valence-electron chi connectivity index (χ4n) is 2.57. The van der Waals surface area contributed by atoms with Gasteiger partial charge < -0.3 is 10.3 Å². The van der Waals surface area contributed by atoms with Gasteiger partial charge in [-0.25, -0.2) is 4.98 Å². The Morgan fingerprint density at radius 3 is 3.17 bits per heavy atom. The van der Waals surface area contributed by atoms with Crippen LogP contribution in [0.2, 0.25) is 0 Å². The maximum Gasteiger partial charge on any atom is 0.113 e. The molecule has 1 aliphatic heterocycles. The fourth-order valence-corrected chi connectivity index (χ4v) is 3.02. The molecule has 1 unspecified atom stereocenters. The van der Waals surface area contributed by atoms with Gasteiger partial charge in [-0.1, -0.05) is 28.1 Å². The van der Waals surface area contributed by atoms with Gasteiger partial charge in [0.1, 0.15) is 5.82 Å². The number of rotatable bonds is 2. The number of aromatic nitrogens is 2. The Hall–Kier alpha value is -1.13. The van der Waals surface area contributed by atoms with Gasteiger partial charge >= 0.3 is 0 Å². The largest absolute Gasteiger partial charge is 0.330 e. The number of imidazole rings is 1. The number of hydrogen-bond acceptors (Lipinski definition) is 2. The summed E-state index contributed by atoms with van der Waals surface area (Å²) in [4.78, 5) is 4.54. The highest BCUT2D eigenvalue weighted by Gasteiger charge is 2.20. The van der Waals surface area contributed by atoms with Crippen molar-refractivity contribution in [3.63, 3.8) is 0 Å². The molecule has 0 amide bonds. The van der Waals surface area contributed by atoms with Gasteiger partial charge in [-0.15, -0.1) is 0 Å². The van der Waals surface area contributed by atoms with Crippen LogP contribution < -0.4 is 5.73 Å². The van der Waals surface area contributed by atoms with E-state index in [4.69, 9.17) is 5.73 Å². The Balaban J connectivity index is 1.90. The van der Waals surface area contributed by atoms with Gasteiger partial charge in [-0.3, -0.25) is 0 Å². The SMILES string of the molecule is NC1CCCn2c1cnc2Cc1cccc(Br)c1. The van der Waals surface area contributed by atoms with Crippen LogP contribution in [-0.2, 0) is 13.0 Å². The molecule has 18 heavy (non-hydrogen) atoms. The zero-order chi connectivity index (χ0) is 12.5. The lowest BCUT2D eigenvalue weighted by Gasteiger charge is -2.22. The van der Waals surface area contributed by atoms with Crippen LogP contribution in [0, 0.1) is 0 Å². The zero-order valence-corrected chi connectivity index (χ0v) is 11.7. The Bertz CT molecular complexity index is 562. The fraction of sp³-hybridized carbons (Fsp3) is 0.357. The lowest BCUT2D eigenvalue weighted by molar-refractivity contribution is 0.454. The van der Waals surface area contributed by atoms with E-state index in [9.17, 15) is 0 Å². The molecule has 1 atom stereocenters. The summed E-state index contributed by atoms with van der Waals surface area (Å²) in [6.45, 7) is 1.05. The summed E-state index contributed by atoms with van der Waals surface area (Å²) in [5, 5.41) is 0. The van der Waals surface area contributed by atoms with Crippen molar-refractivity contribution in [1.29, 1.82) is 0 Å². The summed E-state index contributed by atoms with van der Waals surface area (Å²) in [5.41, 5.74) is 8.57. The van der Waals surface area contributed by atoms with E-state index in [0.29, 0.717) is 0 Å². The smallest absolute Gasteiger partial charge is 0.113 e. The van der Waals surface area contributed by atoms with Crippen molar-refractivity contribution < 1.29 is 0 Å². The summed E-state index contributed by atoms with van der Waals surface area (Å²) < 4.78 is 3.40.